The summed E-state index contributed by atoms with van der Waals surface area (Å²) in [5.74, 6) is 4.00. The molecule has 1 aromatic carbocycles. The molecule has 2 fully saturated rings. The van der Waals surface area contributed by atoms with Crippen LogP contribution in [-0.4, -0.2) is 57.8 Å². The summed E-state index contributed by atoms with van der Waals surface area (Å²) in [4.78, 5) is 14.7. The van der Waals surface area contributed by atoms with Gasteiger partial charge in [0.05, 0.1) is 0 Å². The van der Waals surface area contributed by atoms with Gasteiger partial charge in [0.2, 0.25) is 0 Å². The zero-order valence-electron chi connectivity index (χ0n) is 20.1. The summed E-state index contributed by atoms with van der Waals surface area (Å²) in [6, 6.07) is 14.3. The standard InChI is InChI=1S/C27H35N7/c1-21-18-26(32-31-21)29-25-19-27(30-24(28-25)11-10-22-8-4-2-5-9-22)34-16-12-23(13-17-34)20-33-14-6-3-7-15-33/h2,4-5,8-11,18-19,23H,3,6-7,12-17,20H2,1H3,(H2,28,29,30,31,32). The van der Waals surface area contributed by atoms with E-state index in [-0.39, 0.29) is 0 Å². The number of likely N-dealkylation sites (tertiary alicyclic amines) is 1. The first-order valence-electron chi connectivity index (χ1n) is 12.6. The van der Waals surface area contributed by atoms with Crippen molar-refractivity contribution in [1.82, 2.24) is 25.1 Å². The van der Waals surface area contributed by atoms with Gasteiger partial charge in [0.25, 0.3) is 0 Å². The van der Waals surface area contributed by atoms with Crippen molar-refractivity contribution in [2.75, 3.05) is 42.9 Å². The van der Waals surface area contributed by atoms with Crippen LogP contribution in [0.1, 0.15) is 49.2 Å². The number of aromatic amines is 1. The quantitative estimate of drug-likeness (QED) is 0.513. The summed E-state index contributed by atoms with van der Waals surface area (Å²) in [7, 11) is 0. The normalized spacial score (nSPS) is 18.0. The topological polar surface area (TPSA) is 73.0 Å². The van der Waals surface area contributed by atoms with E-state index in [0.29, 0.717) is 5.82 Å². The molecule has 178 valence electrons. The Balaban J connectivity index is 1.31. The summed E-state index contributed by atoms with van der Waals surface area (Å²) >= 11 is 0. The highest BCUT2D eigenvalue weighted by Crippen LogP contribution is 2.26. The molecular formula is C27H35N7. The van der Waals surface area contributed by atoms with Gasteiger partial charge in [-0.1, -0.05) is 42.8 Å². The van der Waals surface area contributed by atoms with Gasteiger partial charge in [-0.15, -0.1) is 0 Å². The number of nitrogens with zero attached hydrogens (tertiary/aromatic N) is 5. The fourth-order valence-electron chi connectivity index (χ4n) is 4.95. The molecule has 34 heavy (non-hydrogen) atoms. The number of aromatic nitrogens is 4. The van der Waals surface area contributed by atoms with Crippen LogP contribution in [0.3, 0.4) is 0 Å². The number of H-pyrrole nitrogens is 1. The maximum atomic E-state index is 4.91. The van der Waals surface area contributed by atoms with Gasteiger partial charge in [0, 0.05) is 37.5 Å². The summed E-state index contributed by atoms with van der Waals surface area (Å²) < 4.78 is 0. The van der Waals surface area contributed by atoms with Crippen LogP contribution < -0.4 is 10.2 Å². The number of hydrogen-bond donors (Lipinski definition) is 2. The molecule has 0 radical (unpaired) electrons. The largest absolute Gasteiger partial charge is 0.356 e. The molecule has 0 saturated carbocycles. The fourth-order valence-corrected chi connectivity index (χ4v) is 4.95. The molecule has 5 rings (SSSR count). The van der Waals surface area contributed by atoms with Crippen LogP contribution in [0.4, 0.5) is 17.5 Å². The SMILES string of the molecule is Cc1cc(Nc2cc(N3CCC(CN4CCCCC4)CC3)nc(C=Cc3ccccc3)n2)n[nH]1. The van der Waals surface area contributed by atoms with Gasteiger partial charge < -0.3 is 15.1 Å². The number of benzene rings is 1. The van der Waals surface area contributed by atoms with Crippen molar-refractivity contribution in [3.63, 3.8) is 0 Å². The minimum atomic E-state index is 0.701. The van der Waals surface area contributed by atoms with E-state index in [1.807, 2.05) is 37.3 Å². The van der Waals surface area contributed by atoms with Crippen LogP contribution in [0.2, 0.25) is 0 Å². The zero-order chi connectivity index (χ0) is 23.2. The third kappa shape index (κ3) is 6.03. The lowest BCUT2D eigenvalue weighted by molar-refractivity contribution is 0.181. The van der Waals surface area contributed by atoms with E-state index in [1.165, 1.54) is 51.7 Å². The number of rotatable bonds is 7. The van der Waals surface area contributed by atoms with E-state index in [2.05, 4.69) is 49.6 Å². The minimum Gasteiger partial charge on any atom is -0.356 e. The smallest absolute Gasteiger partial charge is 0.156 e. The number of aryl methyl sites for hydroxylation is 1. The molecular weight excluding hydrogens is 422 g/mol. The molecule has 0 aliphatic carbocycles. The van der Waals surface area contributed by atoms with Crippen LogP contribution in [0.5, 0.6) is 0 Å². The van der Waals surface area contributed by atoms with Crippen molar-refractivity contribution >= 4 is 29.6 Å². The number of anilines is 3. The zero-order valence-corrected chi connectivity index (χ0v) is 20.1. The molecule has 7 heteroatoms. The second kappa shape index (κ2) is 10.8. The van der Waals surface area contributed by atoms with Crippen molar-refractivity contribution in [2.24, 2.45) is 5.92 Å². The maximum Gasteiger partial charge on any atom is 0.156 e. The van der Waals surface area contributed by atoms with Crippen LogP contribution in [-0.2, 0) is 0 Å². The average molecular weight is 458 g/mol. The number of hydrogen-bond acceptors (Lipinski definition) is 6. The van der Waals surface area contributed by atoms with Crippen LogP contribution in [0.25, 0.3) is 12.2 Å². The fraction of sp³-hybridized carbons (Fsp3) is 0.444. The van der Waals surface area contributed by atoms with Crippen molar-refractivity contribution in [3.8, 4) is 0 Å². The van der Waals surface area contributed by atoms with Gasteiger partial charge in [-0.25, -0.2) is 9.97 Å². The van der Waals surface area contributed by atoms with Crippen molar-refractivity contribution in [2.45, 2.75) is 39.0 Å². The van der Waals surface area contributed by atoms with Crippen LogP contribution in [0.15, 0.2) is 42.5 Å². The first kappa shape index (κ1) is 22.6. The Bertz CT molecular complexity index is 1080. The summed E-state index contributed by atoms with van der Waals surface area (Å²) in [6.45, 7) is 7.89. The molecule has 7 nitrogen and oxygen atoms in total. The molecule has 2 saturated heterocycles. The Labute approximate surface area is 202 Å². The van der Waals surface area contributed by atoms with Gasteiger partial charge in [-0.3, -0.25) is 5.10 Å². The monoisotopic (exact) mass is 457 g/mol. The van der Waals surface area contributed by atoms with E-state index in [4.69, 9.17) is 9.97 Å². The summed E-state index contributed by atoms with van der Waals surface area (Å²) in [6.07, 6.45) is 10.6. The van der Waals surface area contributed by atoms with Gasteiger partial charge in [0.1, 0.15) is 11.6 Å². The second-order valence-corrected chi connectivity index (χ2v) is 9.57. The van der Waals surface area contributed by atoms with Gasteiger partial charge in [0.15, 0.2) is 11.6 Å². The van der Waals surface area contributed by atoms with Crippen molar-refractivity contribution < 1.29 is 0 Å². The predicted molar refractivity (Wildman–Crippen MR) is 139 cm³/mol. The summed E-state index contributed by atoms with van der Waals surface area (Å²) in [5.41, 5.74) is 2.14. The minimum absolute atomic E-state index is 0.701. The second-order valence-electron chi connectivity index (χ2n) is 9.57. The lowest BCUT2D eigenvalue weighted by atomic mass is 9.95. The molecule has 0 spiro atoms. The molecule has 0 atom stereocenters. The third-order valence-electron chi connectivity index (χ3n) is 6.82. The Morgan fingerprint density at radius 2 is 1.74 bits per heavy atom. The Morgan fingerprint density at radius 1 is 0.941 bits per heavy atom. The summed E-state index contributed by atoms with van der Waals surface area (Å²) in [5, 5.41) is 10.6. The molecule has 0 unspecified atom stereocenters. The van der Waals surface area contributed by atoms with Gasteiger partial charge in [-0.2, -0.15) is 5.10 Å². The van der Waals surface area contributed by atoms with Gasteiger partial charge >= 0.3 is 0 Å². The lowest BCUT2D eigenvalue weighted by Crippen LogP contribution is -2.40. The Morgan fingerprint density at radius 3 is 2.47 bits per heavy atom. The molecule has 0 bridgehead atoms. The number of piperidine rings is 2. The van der Waals surface area contributed by atoms with E-state index < -0.39 is 0 Å². The van der Waals surface area contributed by atoms with Crippen LogP contribution in [0, 0.1) is 12.8 Å². The molecule has 3 aromatic rings. The van der Waals surface area contributed by atoms with Crippen molar-refractivity contribution in [3.05, 3.63) is 59.5 Å². The van der Waals surface area contributed by atoms with E-state index in [1.54, 1.807) is 0 Å². The van der Waals surface area contributed by atoms with Crippen LogP contribution >= 0.6 is 0 Å². The van der Waals surface area contributed by atoms with Gasteiger partial charge in [-0.05, 0) is 63.3 Å². The molecule has 2 N–H and O–H groups in total. The highest BCUT2D eigenvalue weighted by molar-refractivity contribution is 5.69. The third-order valence-corrected chi connectivity index (χ3v) is 6.82. The maximum absolute atomic E-state index is 4.91. The molecule has 2 aliphatic heterocycles. The molecule has 4 heterocycles. The van der Waals surface area contributed by atoms with Crippen molar-refractivity contribution in [1.29, 1.82) is 0 Å². The Hall–Kier alpha value is -3.19. The predicted octanol–water partition coefficient (Wildman–Crippen LogP) is 5.12. The lowest BCUT2D eigenvalue weighted by Gasteiger charge is -2.36. The molecule has 0 amide bonds. The first-order chi connectivity index (χ1) is 16.7. The highest BCUT2D eigenvalue weighted by Gasteiger charge is 2.23. The average Bonchev–Trinajstić information content (AvgIpc) is 3.28. The van der Waals surface area contributed by atoms with E-state index >= 15 is 0 Å². The first-order valence-corrected chi connectivity index (χ1v) is 12.6. The van der Waals surface area contributed by atoms with E-state index in [0.717, 1.165) is 47.7 Å². The van der Waals surface area contributed by atoms with E-state index in [9.17, 15) is 0 Å². The molecule has 2 aromatic heterocycles. The Kier molecular flexibility index (Phi) is 7.19. The molecule has 2 aliphatic rings. The highest BCUT2D eigenvalue weighted by atomic mass is 15.2. The number of nitrogens with one attached hydrogen (secondary N) is 2.